The number of aromatic nitrogens is 1. The summed E-state index contributed by atoms with van der Waals surface area (Å²) >= 11 is 0. The van der Waals surface area contributed by atoms with Crippen LogP contribution in [0.3, 0.4) is 0 Å². The fourth-order valence-corrected chi connectivity index (χ4v) is 4.16. The first kappa shape index (κ1) is 31.9. The first-order valence-electron chi connectivity index (χ1n) is 13.0. The highest BCUT2D eigenvalue weighted by molar-refractivity contribution is 5.85. The Labute approximate surface area is 226 Å². The minimum atomic E-state index is -4.36. The molecular weight excluding hydrogens is 514 g/mol. The number of aliphatic imine (C=N–C) groups is 1. The van der Waals surface area contributed by atoms with Crippen LogP contribution < -0.4 is 0 Å². The predicted octanol–water partition coefficient (Wildman–Crippen LogP) is 10.3. The number of halogens is 6. The van der Waals surface area contributed by atoms with Crippen LogP contribution in [0.1, 0.15) is 81.7 Å². The Balaban J connectivity index is 0.000000326. The van der Waals surface area contributed by atoms with Gasteiger partial charge < -0.3 is 4.98 Å². The van der Waals surface area contributed by atoms with Crippen molar-refractivity contribution in [1.82, 2.24) is 4.98 Å². The molecule has 0 aliphatic heterocycles. The van der Waals surface area contributed by atoms with Gasteiger partial charge in [-0.25, -0.2) is 13.2 Å². The summed E-state index contributed by atoms with van der Waals surface area (Å²) in [5.41, 5.74) is 3.18. The Morgan fingerprint density at radius 3 is 2.36 bits per heavy atom. The molecule has 1 aromatic heterocycles. The summed E-state index contributed by atoms with van der Waals surface area (Å²) in [5, 5.41) is 0.822. The van der Waals surface area contributed by atoms with Crippen LogP contribution in [0.25, 0.3) is 10.9 Å². The largest absolute Gasteiger partial charge is 0.415 e. The summed E-state index contributed by atoms with van der Waals surface area (Å²) < 4.78 is 77.9. The van der Waals surface area contributed by atoms with E-state index in [2.05, 4.69) is 23.5 Å². The number of nitrogens with zero attached hydrogens (tertiary/aromatic N) is 1. The first-order chi connectivity index (χ1) is 18.3. The standard InChI is InChI=1S/C21H22F3N.C10H14F3N/c1-4-5-6-16-17-11-14(22)8-10-18(17)25-21(16)13(3)15-9-7-12(2)19(23)20(15)24;1-4-5-9(3)14-7-6-8(2)10(11,12)13/h7-11,13,25H,4-6H2,1-3H3;6-7H,2,4-5H2,1,3H3/b;7-6-,14-9?. The zero-order chi connectivity index (χ0) is 29.3. The van der Waals surface area contributed by atoms with Gasteiger partial charge in [-0.15, -0.1) is 0 Å². The van der Waals surface area contributed by atoms with Crippen LogP contribution in [0.4, 0.5) is 26.3 Å². The minimum absolute atomic E-state index is 0.290. The van der Waals surface area contributed by atoms with Crippen molar-refractivity contribution in [2.75, 3.05) is 0 Å². The van der Waals surface area contributed by atoms with Gasteiger partial charge in [-0.05, 0) is 74.1 Å². The number of alkyl halides is 3. The molecule has 8 heteroatoms. The molecule has 3 rings (SSSR count). The molecule has 1 unspecified atom stereocenters. The normalized spacial score (nSPS) is 13.1. The lowest BCUT2D eigenvalue weighted by Gasteiger charge is -2.15. The van der Waals surface area contributed by atoms with E-state index in [0.29, 0.717) is 11.1 Å². The maximum atomic E-state index is 14.5. The Morgan fingerprint density at radius 2 is 1.74 bits per heavy atom. The Kier molecular flexibility index (Phi) is 11.6. The van der Waals surface area contributed by atoms with Crippen LogP contribution >= 0.6 is 0 Å². The molecule has 0 amide bonds. The van der Waals surface area contributed by atoms with Crippen molar-refractivity contribution in [1.29, 1.82) is 0 Å². The maximum absolute atomic E-state index is 14.5. The van der Waals surface area contributed by atoms with Crippen LogP contribution in [0.5, 0.6) is 0 Å². The van der Waals surface area contributed by atoms with Crippen molar-refractivity contribution in [3.63, 3.8) is 0 Å². The van der Waals surface area contributed by atoms with Gasteiger partial charge in [0.25, 0.3) is 0 Å². The van der Waals surface area contributed by atoms with Gasteiger partial charge in [0.2, 0.25) is 0 Å². The van der Waals surface area contributed by atoms with Crippen molar-refractivity contribution in [2.45, 2.75) is 78.8 Å². The van der Waals surface area contributed by atoms with Gasteiger partial charge in [0.15, 0.2) is 11.6 Å². The smallest absolute Gasteiger partial charge is 0.358 e. The summed E-state index contributed by atoms with van der Waals surface area (Å²) in [6.45, 7) is 12.1. The second-order valence-corrected chi connectivity index (χ2v) is 9.59. The van der Waals surface area contributed by atoms with E-state index < -0.39 is 23.4 Å². The van der Waals surface area contributed by atoms with Gasteiger partial charge in [-0.2, -0.15) is 13.2 Å². The number of benzene rings is 2. The van der Waals surface area contributed by atoms with E-state index in [4.69, 9.17) is 0 Å². The molecule has 1 N–H and O–H groups in total. The van der Waals surface area contributed by atoms with E-state index in [0.717, 1.165) is 72.3 Å². The minimum Gasteiger partial charge on any atom is -0.358 e. The molecular formula is C31H36F6N2. The predicted molar refractivity (Wildman–Crippen MR) is 148 cm³/mol. The van der Waals surface area contributed by atoms with E-state index >= 15 is 0 Å². The molecule has 0 bridgehead atoms. The number of fused-ring (bicyclic) bond motifs is 1. The van der Waals surface area contributed by atoms with E-state index in [9.17, 15) is 26.3 Å². The highest BCUT2D eigenvalue weighted by Gasteiger charge is 2.29. The molecule has 2 aromatic carbocycles. The van der Waals surface area contributed by atoms with Gasteiger partial charge in [-0.3, -0.25) is 4.99 Å². The molecule has 0 saturated heterocycles. The van der Waals surface area contributed by atoms with Crippen molar-refractivity contribution >= 4 is 16.6 Å². The summed E-state index contributed by atoms with van der Waals surface area (Å²) in [6.07, 6.45) is 2.11. The highest BCUT2D eigenvalue weighted by Crippen LogP contribution is 2.35. The zero-order valence-corrected chi connectivity index (χ0v) is 23.1. The highest BCUT2D eigenvalue weighted by atomic mass is 19.4. The lowest BCUT2D eigenvalue weighted by molar-refractivity contribution is -0.0878. The molecule has 1 atom stereocenters. The number of aryl methyl sites for hydroxylation is 2. The summed E-state index contributed by atoms with van der Waals surface area (Å²) in [7, 11) is 0. The topological polar surface area (TPSA) is 28.1 Å². The number of hydrogen-bond acceptors (Lipinski definition) is 1. The monoisotopic (exact) mass is 550 g/mol. The van der Waals surface area contributed by atoms with Crippen molar-refractivity contribution in [3.8, 4) is 0 Å². The van der Waals surface area contributed by atoms with E-state index in [1.165, 1.54) is 12.1 Å². The lowest BCUT2D eigenvalue weighted by atomic mass is 9.91. The van der Waals surface area contributed by atoms with E-state index in [1.807, 2.05) is 13.8 Å². The van der Waals surface area contributed by atoms with Gasteiger partial charge >= 0.3 is 6.18 Å². The molecule has 0 radical (unpaired) electrons. The quantitative estimate of drug-likeness (QED) is 0.156. The van der Waals surface area contributed by atoms with E-state index in [-0.39, 0.29) is 11.7 Å². The number of aromatic amines is 1. The molecule has 2 nitrogen and oxygen atoms in total. The molecule has 39 heavy (non-hydrogen) atoms. The number of hydrogen-bond donors (Lipinski definition) is 1. The van der Waals surface area contributed by atoms with Gasteiger partial charge in [-0.1, -0.05) is 52.3 Å². The molecule has 0 aliphatic carbocycles. The van der Waals surface area contributed by atoms with Crippen LogP contribution in [-0.2, 0) is 6.42 Å². The number of unbranched alkanes of at least 4 members (excludes halogenated alkanes) is 1. The Bertz CT molecular complexity index is 1330. The van der Waals surface area contributed by atoms with Crippen molar-refractivity contribution in [2.24, 2.45) is 4.99 Å². The summed E-state index contributed by atoms with van der Waals surface area (Å²) in [5.74, 6) is -2.26. The lowest BCUT2D eigenvalue weighted by Crippen LogP contribution is -2.08. The first-order valence-corrected chi connectivity index (χ1v) is 13.0. The summed E-state index contributed by atoms with van der Waals surface area (Å²) in [4.78, 5) is 7.15. The molecule has 0 saturated carbocycles. The van der Waals surface area contributed by atoms with Crippen molar-refractivity contribution in [3.05, 3.63) is 94.6 Å². The Hall–Kier alpha value is -3.29. The van der Waals surface area contributed by atoms with Crippen LogP contribution in [-0.4, -0.2) is 16.9 Å². The van der Waals surface area contributed by atoms with Crippen molar-refractivity contribution < 1.29 is 26.3 Å². The third-order valence-electron chi connectivity index (χ3n) is 6.43. The van der Waals surface area contributed by atoms with E-state index in [1.54, 1.807) is 32.0 Å². The number of allylic oxidation sites excluding steroid dienone is 2. The second-order valence-electron chi connectivity index (χ2n) is 9.59. The van der Waals surface area contributed by atoms with Crippen LogP contribution in [0.2, 0.25) is 0 Å². The SMILES string of the molecule is C=C(/C=C\N=C(C)CCC)C(F)(F)F.CCCCc1c(C(C)c2ccc(C)c(F)c2F)[nH]c2ccc(F)cc12. The van der Waals surface area contributed by atoms with Gasteiger partial charge in [0.05, 0.1) is 0 Å². The third kappa shape index (κ3) is 8.60. The molecule has 212 valence electrons. The summed E-state index contributed by atoms with van der Waals surface area (Å²) in [6, 6.07) is 7.84. The molecule has 0 fully saturated rings. The van der Waals surface area contributed by atoms with Crippen LogP contribution in [0.15, 0.2) is 59.8 Å². The number of rotatable bonds is 9. The average molecular weight is 551 g/mol. The maximum Gasteiger partial charge on any atom is 0.415 e. The van der Waals surface area contributed by atoms with Crippen LogP contribution in [0, 0.1) is 24.4 Å². The zero-order valence-electron chi connectivity index (χ0n) is 23.1. The molecule has 0 spiro atoms. The van der Waals surface area contributed by atoms with Gasteiger partial charge in [0.1, 0.15) is 5.82 Å². The second kappa shape index (κ2) is 14.2. The average Bonchev–Trinajstić information content (AvgIpc) is 3.23. The third-order valence-corrected chi connectivity index (χ3v) is 6.43. The fourth-order valence-electron chi connectivity index (χ4n) is 4.16. The molecule has 0 aliphatic rings. The number of H-pyrrole nitrogens is 1. The number of nitrogens with one attached hydrogen (secondary N) is 1. The Morgan fingerprint density at radius 1 is 1.05 bits per heavy atom. The molecule has 1 heterocycles. The molecule has 3 aromatic rings. The fraction of sp³-hybridized carbons (Fsp3) is 0.387. The van der Waals surface area contributed by atoms with Gasteiger partial charge in [0, 0.05) is 40.0 Å².